The molecular formula is C16H24N2O2. The van der Waals surface area contributed by atoms with Gasteiger partial charge in [0.2, 0.25) is 0 Å². The minimum Gasteiger partial charge on any atom is -0.481 e. The van der Waals surface area contributed by atoms with Crippen LogP contribution in [-0.4, -0.2) is 21.0 Å². The van der Waals surface area contributed by atoms with Crippen molar-refractivity contribution in [2.24, 2.45) is 5.92 Å². The second-order valence-electron chi connectivity index (χ2n) is 6.09. The molecule has 1 N–H and O–H groups in total. The Morgan fingerprint density at radius 2 is 1.90 bits per heavy atom. The number of aromatic nitrogens is 2. The van der Waals surface area contributed by atoms with Gasteiger partial charge in [0.05, 0.1) is 0 Å². The molecule has 0 aliphatic heterocycles. The van der Waals surface area contributed by atoms with Crippen molar-refractivity contribution in [2.75, 3.05) is 0 Å². The summed E-state index contributed by atoms with van der Waals surface area (Å²) in [4.78, 5) is 20.0. The summed E-state index contributed by atoms with van der Waals surface area (Å²) in [7, 11) is 0. The van der Waals surface area contributed by atoms with Gasteiger partial charge >= 0.3 is 5.97 Å². The summed E-state index contributed by atoms with van der Waals surface area (Å²) >= 11 is 0. The van der Waals surface area contributed by atoms with E-state index < -0.39 is 5.97 Å². The molecule has 0 bridgehead atoms. The van der Waals surface area contributed by atoms with Gasteiger partial charge in [0, 0.05) is 23.7 Å². The zero-order chi connectivity index (χ0) is 14.7. The van der Waals surface area contributed by atoms with Gasteiger partial charge in [0.25, 0.3) is 0 Å². The molecule has 1 heterocycles. The van der Waals surface area contributed by atoms with Gasteiger partial charge in [-0.25, -0.2) is 9.97 Å². The van der Waals surface area contributed by atoms with Crippen molar-refractivity contribution in [1.29, 1.82) is 0 Å². The molecule has 2 atom stereocenters. The zero-order valence-electron chi connectivity index (χ0n) is 12.6. The van der Waals surface area contributed by atoms with E-state index in [1.807, 2.05) is 13.8 Å². The van der Waals surface area contributed by atoms with Crippen LogP contribution in [0.5, 0.6) is 0 Å². The number of aryl methyl sites for hydroxylation is 2. The molecule has 1 aliphatic rings. The summed E-state index contributed by atoms with van der Waals surface area (Å²) in [6, 6.07) is 0. The average Bonchev–Trinajstić information content (AvgIpc) is 2.37. The fourth-order valence-electron chi connectivity index (χ4n) is 3.21. The summed E-state index contributed by atoms with van der Waals surface area (Å²) in [5, 5.41) is 8.80. The number of hydrogen-bond acceptors (Lipinski definition) is 3. The van der Waals surface area contributed by atoms with Crippen LogP contribution in [0.1, 0.15) is 67.7 Å². The normalized spacial score (nSPS) is 22.8. The maximum atomic E-state index is 10.7. The molecule has 0 radical (unpaired) electrons. The minimum atomic E-state index is -0.769. The monoisotopic (exact) mass is 276 g/mol. The van der Waals surface area contributed by atoms with E-state index in [0.717, 1.165) is 28.7 Å². The molecule has 0 aromatic carbocycles. The maximum Gasteiger partial charge on any atom is 0.303 e. The van der Waals surface area contributed by atoms with Crippen molar-refractivity contribution in [3.8, 4) is 0 Å². The van der Waals surface area contributed by atoms with E-state index in [-0.39, 0.29) is 6.42 Å². The maximum absolute atomic E-state index is 10.7. The average molecular weight is 276 g/mol. The van der Waals surface area contributed by atoms with Gasteiger partial charge < -0.3 is 5.11 Å². The fourth-order valence-corrected chi connectivity index (χ4v) is 3.21. The van der Waals surface area contributed by atoms with Crippen molar-refractivity contribution in [3.63, 3.8) is 0 Å². The lowest BCUT2D eigenvalue weighted by atomic mass is 9.82. The molecule has 1 aromatic heterocycles. The van der Waals surface area contributed by atoms with Crippen molar-refractivity contribution < 1.29 is 9.90 Å². The van der Waals surface area contributed by atoms with Gasteiger partial charge in [0.1, 0.15) is 5.82 Å². The first-order valence-corrected chi connectivity index (χ1v) is 7.53. The summed E-state index contributed by atoms with van der Waals surface area (Å²) in [5.74, 6) is 1.42. The lowest BCUT2D eigenvalue weighted by Crippen LogP contribution is -2.16. The van der Waals surface area contributed by atoms with Crippen LogP contribution in [0.4, 0.5) is 0 Å². The molecule has 2 unspecified atom stereocenters. The molecule has 1 aromatic rings. The summed E-state index contributed by atoms with van der Waals surface area (Å²) in [6.45, 7) is 6.25. The molecule has 1 aliphatic carbocycles. The van der Waals surface area contributed by atoms with Crippen LogP contribution >= 0.6 is 0 Å². The molecule has 1 saturated carbocycles. The van der Waals surface area contributed by atoms with Crippen molar-refractivity contribution >= 4 is 5.97 Å². The predicted octanol–water partition coefficient (Wildman–Crippen LogP) is 3.40. The SMILES string of the molecule is Cc1nc(C2CCCC(C)C2)nc(C)c1CCC(=O)O. The lowest BCUT2D eigenvalue weighted by Gasteiger charge is -2.26. The van der Waals surface area contributed by atoms with E-state index in [9.17, 15) is 4.79 Å². The Morgan fingerprint density at radius 1 is 1.25 bits per heavy atom. The molecule has 0 saturated heterocycles. The summed E-state index contributed by atoms with van der Waals surface area (Å²) in [5.41, 5.74) is 2.90. The van der Waals surface area contributed by atoms with Crippen LogP contribution in [0.3, 0.4) is 0 Å². The van der Waals surface area contributed by atoms with Crippen LogP contribution in [0.25, 0.3) is 0 Å². The standard InChI is InChI=1S/C16H24N2O2/c1-10-5-4-6-13(9-10)16-17-11(2)14(12(3)18-16)7-8-15(19)20/h10,13H,4-9H2,1-3H3,(H,19,20). The molecule has 0 spiro atoms. The first-order valence-electron chi connectivity index (χ1n) is 7.53. The lowest BCUT2D eigenvalue weighted by molar-refractivity contribution is -0.136. The van der Waals surface area contributed by atoms with Gasteiger partial charge in [-0.05, 0) is 44.6 Å². The number of carbonyl (C=O) groups is 1. The van der Waals surface area contributed by atoms with Gasteiger partial charge in [-0.1, -0.05) is 19.8 Å². The number of nitrogens with zero attached hydrogens (tertiary/aromatic N) is 2. The van der Waals surface area contributed by atoms with E-state index >= 15 is 0 Å². The molecule has 110 valence electrons. The first kappa shape index (κ1) is 14.9. The number of carboxylic acids is 1. The minimum absolute atomic E-state index is 0.144. The first-order chi connectivity index (χ1) is 9.47. The Labute approximate surface area is 120 Å². The van der Waals surface area contributed by atoms with Gasteiger partial charge in [-0.2, -0.15) is 0 Å². The third-order valence-electron chi connectivity index (χ3n) is 4.33. The Balaban J connectivity index is 2.18. The highest BCUT2D eigenvalue weighted by Crippen LogP contribution is 2.34. The quantitative estimate of drug-likeness (QED) is 0.915. The Morgan fingerprint density at radius 3 is 2.45 bits per heavy atom. The molecule has 4 heteroatoms. The molecule has 20 heavy (non-hydrogen) atoms. The molecule has 1 fully saturated rings. The van der Waals surface area contributed by atoms with Crippen molar-refractivity contribution in [3.05, 3.63) is 22.8 Å². The summed E-state index contributed by atoms with van der Waals surface area (Å²) < 4.78 is 0. The number of aliphatic carboxylic acids is 1. The second-order valence-corrected chi connectivity index (χ2v) is 6.09. The highest BCUT2D eigenvalue weighted by atomic mass is 16.4. The van der Waals surface area contributed by atoms with E-state index in [1.54, 1.807) is 0 Å². The predicted molar refractivity (Wildman–Crippen MR) is 77.8 cm³/mol. The second kappa shape index (κ2) is 6.33. The topological polar surface area (TPSA) is 63.1 Å². The third kappa shape index (κ3) is 3.56. The fraction of sp³-hybridized carbons (Fsp3) is 0.688. The van der Waals surface area contributed by atoms with E-state index in [1.165, 1.54) is 25.7 Å². The highest BCUT2D eigenvalue weighted by molar-refractivity contribution is 5.67. The third-order valence-corrected chi connectivity index (χ3v) is 4.33. The van der Waals surface area contributed by atoms with Crippen molar-refractivity contribution in [2.45, 2.75) is 65.2 Å². The Hall–Kier alpha value is -1.45. The molecule has 0 amide bonds. The Bertz CT molecular complexity index is 476. The Kier molecular flexibility index (Phi) is 4.73. The largest absolute Gasteiger partial charge is 0.481 e. The smallest absolute Gasteiger partial charge is 0.303 e. The van der Waals surface area contributed by atoms with Crippen molar-refractivity contribution in [1.82, 2.24) is 9.97 Å². The summed E-state index contributed by atoms with van der Waals surface area (Å²) in [6.07, 6.45) is 5.59. The van der Waals surface area contributed by atoms with Gasteiger partial charge in [0.15, 0.2) is 0 Å². The van der Waals surface area contributed by atoms with Crippen LogP contribution < -0.4 is 0 Å². The van der Waals surface area contributed by atoms with Crippen LogP contribution in [0, 0.1) is 19.8 Å². The van der Waals surface area contributed by atoms with Gasteiger partial charge in [-0.15, -0.1) is 0 Å². The van der Waals surface area contributed by atoms with Crippen LogP contribution in [-0.2, 0) is 11.2 Å². The molecule has 4 nitrogen and oxygen atoms in total. The number of rotatable bonds is 4. The van der Waals surface area contributed by atoms with E-state index in [2.05, 4.69) is 16.9 Å². The van der Waals surface area contributed by atoms with Crippen LogP contribution in [0.15, 0.2) is 0 Å². The zero-order valence-corrected chi connectivity index (χ0v) is 12.6. The number of hydrogen-bond donors (Lipinski definition) is 1. The van der Waals surface area contributed by atoms with E-state index in [0.29, 0.717) is 12.3 Å². The molecule has 2 rings (SSSR count). The van der Waals surface area contributed by atoms with Crippen LogP contribution in [0.2, 0.25) is 0 Å². The van der Waals surface area contributed by atoms with E-state index in [4.69, 9.17) is 5.11 Å². The van der Waals surface area contributed by atoms with Gasteiger partial charge in [-0.3, -0.25) is 4.79 Å². The molecular weight excluding hydrogens is 252 g/mol. The number of carboxylic acid groups (broad SMARTS) is 1. The highest BCUT2D eigenvalue weighted by Gasteiger charge is 2.23.